The smallest absolute Gasteiger partial charge is 0.261 e. The molecule has 1 saturated carbocycles. The molecule has 3 unspecified atom stereocenters. The first-order chi connectivity index (χ1) is 14.0. The summed E-state index contributed by atoms with van der Waals surface area (Å²) in [4.78, 5) is 2.92. The SMILES string of the molecule is O=S(=O)(Cl)c1ccc2c(c1)C13CC2c2ccccc2C1CN(CC1CCCC1)C3. The number of hydrogen-bond donors (Lipinski definition) is 0. The molecule has 2 fully saturated rings. The quantitative estimate of drug-likeness (QED) is 0.647. The minimum atomic E-state index is -3.73. The van der Waals surface area contributed by atoms with Crippen LogP contribution in [0.4, 0.5) is 0 Å². The van der Waals surface area contributed by atoms with E-state index in [1.54, 1.807) is 6.07 Å². The van der Waals surface area contributed by atoms with Crippen molar-refractivity contribution >= 4 is 19.7 Å². The predicted octanol–water partition coefficient (Wildman–Crippen LogP) is 4.99. The third kappa shape index (κ3) is 2.68. The zero-order valence-electron chi connectivity index (χ0n) is 16.5. The van der Waals surface area contributed by atoms with Crippen LogP contribution in [0.1, 0.15) is 66.2 Å². The van der Waals surface area contributed by atoms with Crippen LogP contribution in [0, 0.1) is 5.92 Å². The van der Waals surface area contributed by atoms with Gasteiger partial charge in [0, 0.05) is 47.6 Å². The molecule has 0 amide bonds. The Labute approximate surface area is 177 Å². The fourth-order valence-corrected chi connectivity index (χ4v) is 7.79. The molecule has 2 bridgehead atoms. The fraction of sp³-hybridized carbons (Fsp3) is 0.500. The lowest BCUT2D eigenvalue weighted by molar-refractivity contribution is 0.260. The third-order valence-corrected chi connectivity index (χ3v) is 9.49. The Hall–Kier alpha value is -1.36. The zero-order valence-corrected chi connectivity index (χ0v) is 18.1. The Morgan fingerprint density at radius 3 is 2.55 bits per heavy atom. The number of likely N-dealkylation sites (tertiary alicyclic amines) is 1. The first-order valence-electron chi connectivity index (χ1n) is 10.9. The Balaban J connectivity index is 1.49. The highest BCUT2D eigenvalue weighted by Crippen LogP contribution is 2.63. The molecule has 4 aliphatic rings. The molecule has 1 spiro atoms. The molecule has 3 nitrogen and oxygen atoms in total. The molecule has 0 N–H and O–H groups in total. The standard InChI is InChI=1S/C24H26ClNO2S/c25-29(27,28)17-9-10-20-21-12-24(22(20)11-17)15-26(13-16-5-1-2-6-16)14-23(24)19-8-4-3-7-18(19)21/h3-4,7-11,16,21,23H,1-2,5-6,12-15H2. The molecule has 6 rings (SSSR count). The third-order valence-electron chi connectivity index (χ3n) is 8.14. The molecular formula is C24H26ClNO2S. The molecule has 0 radical (unpaired) electrons. The van der Waals surface area contributed by atoms with Crippen molar-refractivity contribution in [1.82, 2.24) is 4.90 Å². The van der Waals surface area contributed by atoms with E-state index < -0.39 is 9.05 Å². The van der Waals surface area contributed by atoms with Crippen molar-refractivity contribution in [1.29, 1.82) is 0 Å². The molecular weight excluding hydrogens is 402 g/mol. The summed E-state index contributed by atoms with van der Waals surface area (Å²) in [5.41, 5.74) is 5.48. The van der Waals surface area contributed by atoms with Crippen molar-refractivity contribution in [2.75, 3.05) is 19.6 Å². The first kappa shape index (κ1) is 18.4. The van der Waals surface area contributed by atoms with E-state index in [1.807, 2.05) is 12.1 Å². The fourth-order valence-electron chi connectivity index (χ4n) is 7.01. The van der Waals surface area contributed by atoms with Gasteiger partial charge in [0.25, 0.3) is 9.05 Å². The maximum absolute atomic E-state index is 12.1. The van der Waals surface area contributed by atoms with Crippen LogP contribution in [-0.2, 0) is 14.5 Å². The lowest BCUT2D eigenvalue weighted by atomic mass is 9.65. The van der Waals surface area contributed by atoms with Crippen molar-refractivity contribution in [2.45, 2.75) is 54.3 Å². The molecule has 29 heavy (non-hydrogen) atoms. The van der Waals surface area contributed by atoms with E-state index in [-0.39, 0.29) is 10.3 Å². The van der Waals surface area contributed by atoms with E-state index in [1.165, 1.54) is 54.5 Å². The number of rotatable bonds is 3. The van der Waals surface area contributed by atoms with Crippen LogP contribution in [0.25, 0.3) is 0 Å². The lowest BCUT2D eigenvalue weighted by Gasteiger charge is -2.37. The highest BCUT2D eigenvalue weighted by Gasteiger charge is 2.58. The first-order valence-corrected chi connectivity index (χ1v) is 13.2. The summed E-state index contributed by atoms with van der Waals surface area (Å²) < 4.78 is 24.2. The molecule has 0 aromatic heterocycles. The van der Waals surface area contributed by atoms with Gasteiger partial charge in [0.05, 0.1) is 4.90 Å². The molecule has 2 aromatic rings. The lowest BCUT2D eigenvalue weighted by Crippen LogP contribution is -2.35. The summed E-state index contributed by atoms with van der Waals surface area (Å²) in [6.07, 6.45) is 6.56. The van der Waals surface area contributed by atoms with Crippen molar-refractivity contribution in [3.63, 3.8) is 0 Å². The van der Waals surface area contributed by atoms with Crippen LogP contribution < -0.4 is 0 Å². The number of benzene rings is 2. The number of halogens is 1. The molecule has 152 valence electrons. The number of nitrogens with zero attached hydrogens (tertiary/aromatic N) is 1. The van der Waals surface area contributed by atoms with Gasteiger partial charge in [0.2, 0.25) is 0 Å². The van der Waals surface area contributed by atoms with Gasteiger partial charge in [-0.05, 0) is 59.6 Å². The van der Waals surface area contributed by atoms with Crippen LogP contribution in [0.3, 0.4) is 0 Å². The van der Waals surface area contributed by atoms with E-state index in [0.717, 1.165) is 25.4 Å². The van der Waals surface area contributed by atoms with Gasteiger partial charge in [-0.25, -0.2) is 8.42 Å². The van der Waals surface area contributed by atoms with Crippen molar-refractivity contribution < 1.29 is 8.42 Å². The zero-order chi connectivity index (χ0) is 19.8. The summed E-state index contributed by atoms with van der Waals surface area (Å²) in [6.45, 7) is 3.31. The number of hydrogen-bond acceptors (Lipinski definition) is 3. The van der Waals surface area contributed by atoms with Crippen LogP contribution in [0.5, 0.6) is 0 Å². The van der Waals surface area contributed by atoms with Gasteiger partial charge >= 0.3 is 0 Å². The van der Waals surface area contributed by atoms with Crippen molar-refractivity contribution in [3.8, 4) is 0 Å². The summed E-state index contributed by atoms with van der Waals surface area (Å²) in [7, 11) is 2.01. The molecule has 3 aliphatic carbocycles. The van der Waals surface area contributed by atoms with Gasteiger partial charge in [-0.3, -0.25) is 0 Å². The average Bonchev–Trinajstić information content (AvgIpc) is 3.40. The van der Waals surface area contributed by atoms with Crippen molar-refractivity contribution in [2.24, 2.45) is 5.92 Å². The minimum Gasteiger partial charge on any atom is -0.302 e. The Morgan fingerprint density at radius 2 is 1.79 bits per heavy atom. The van der Waals surface area contributed by atoms with Gasteiger partial charge in [-0.2, -0.15) is 0 Å². The van der Waals surface area contributed by atoms with Gasteiger partial charge in [-0.15, -0.1) is 0 Å². The van der Waals surface area contributed by atoms with Crippen molar-refractivity contribution in [3.05, 3.63) is 64.7 Å². The van der Waals surface area contributed by atoms with Gasteiger partial charge in [0.15, 0.2) is 0 Å². The van der Waals surface area contributed by atoms with E-state index >= 15 is 0 Å². The van der Waals surface area contributed by atoms with Crippen LogP contribution in [0.2, 0.25) is 0 Å². The van der Waals surface area contributed by atoms with Gasteiger partial charge in [0.1, 0.15) is 0 Å². The van der Waals surface area contributed by atoms with Crippen LogP contribution >= 0.6 is 10.7 Å². The topological polar surface area (TPSA) is 37.4 Å². The normalized spacial score (nSPS) is 30.9. The molecule has 5 heteroatoms. The molecule has 1 heterocycles. The van der Waals surface area contributed by atoms with Gasteiger partial charge in [-0.1, -0.05) is 43.2 Å². The number of fused-ring (bicyclic) bond motifs is 3. The largest absolute Gasteiger partial charge is 0.302 e. The van der Waals surface area contributed by atoms with Gasteiger partial charge < -0.3 is 4.90 Å². The summed E-state index contributed by atoms with van der Waals surface area (Å²) >= 11 is 0. The molecule has 3 atom stereocenters. The highest BCUT2D eigenvalue weighted by atomic mass is 35.7. The Bertz CT molecular complexity index is 1090. The van der Waals surface area contributed by atoms with E-state index in [4.69, 9.17) is 10.7 Å². The predicted molar refractivity (Wildman–Crippen MR) is 115 cm³/mol. The monoisotopic (exact) mass is 427 g/mol. The Morgan fingerprint density at radius 1 is 1.03 bits per heavy atom. The maximum Gasteiger partial charge on any atom is 0.261 e. The van der Waals surface area contributed by atoms with Crippen LogP contribution in [0.15, 0.2) is 47.4 Å². The van der Waals surface area contributed by atoms with E-state index in [2.05, 4.69) is 29.2 Å². The highest BCUT2D eigenvalue weighted by molar-refractivity contribution is 8.13. The second-order valence-electron chi connectivity index (χ2n) is 9.63. The van der Waals surface area contributed by atoms with E-state index in [9.17, 15) is 8.42 Å². The summed E-state index contributed by atoms with van der Waals surface area (Å²) in [5, 5.41) is 0. The average molecular weight is 428 g/mol. The second kappa shape index (κ2) is 6.32. The maximum atomic E-state index is 12.1. The molecule has 1 saturated heterocycles. The van der Waals surface area contributed by atoms with E-state index in [0.29, 0.717) is 11.8 Å². The van der Waals surface area contributed by atoms with Crippen LogP contribution in [-0.4, -0.2) is 33.0 Å². The minimum absolute atomic E-state index is 0.0184. The summed E-state index contributed by atoms with van der Waals surface area (Å²) in [5.74, 6) is 1.63. The summed E-state index contributed by atoms with van der Waals surface area (Å²) in [6, 6.07) is 14.5. The molecule has 2 aromatic carbocycles. The molecule has 1 aliphatic heterocycles. The second-order valence-corrected chi connectivity index (χ2v) is 12.2. The Kier molecular flexibility index (Phi) is 4.01.